The van der Waals surface area contributed by atoms with Crippen molar-refractivity contribution in [2.75, 3.05) is 11.9 Å². The average molecular weight is 552 g/mol. The van der Waals surface area contributed by atoms with Gasteiger partial charge in [0.15, 0.2) is 0 Å². The molecule has 0 aliphatic heterocycles. The molecule has 43 heavy (non-hydrogen) atoms. The summed E-state index contributed by atoms with van der Waals surface area (Å²) in [6, 6.07) is 51.5. The van der Waals surface area contributed by atoms with E-state index in [1.54, 1.807) is 0 Å². The SMILES string of the molecule is Cc1cccc(-c2c3ccccc3c(-c3cccc(N(C)c4cccc(-c5ccc6c(c5)CC6)c4)c3)c3ccccc23)c1. The van der Waals surface area contributed by atoms with E-state index in [1.165, 1.54) is 95.8 Å². The Labute approximate surface area is 253 Å². The maximum absolute atomic E-state index is 2.37. The van der Waals surface area contributed by atoms with Gasteiger partial charge in [-0.2, -0.15) is 0 Å². The number of benzene rings is 7. The van der Waals surface area contributed by atoms with Gasteiger partial charge in [0.25, 0.3) is 0 Å². The van der Waals surface area contributed by atoms with Crippen LogP contribution in [0.1, 0.15) is 16.7 Å². The minimum Gasteiger partial charge on any atom is -0.345 e. The van der Waals surface area contributed by atoms with E-state index in [2.05, 4.69) is 158 Å². The molecule has 1 aliphatic rings. The van der Waals surface area contributed by atoms with Crippen molar-refractivity contribution < 1.29 is 0 Å². The zero-order chi connectivity index (χ0) is 28.9. The Bertz CT molecular complexity index is 2110. The molecule has 1 nitrogen and oxygen atoms in total. The summed E-state index contributed by atoms with van der Waals surface area (Å²) in [4.78, 5) is 2.31. The number of rotatable bonds is 5. The maximum Gasteiger partial charge on any atom is 0.0414 e. The normalized spacial score (nSPS) is 12.2. The van der Waals surface area contributed by atoms with Crippen molar-refractivity contribution in [2.24, 2.45) is 0 Å². The van der Waals surface area contributed by atoms with E-state index >= 15 is 0 Å². The van der Waals surface area contributed by atoms with E-state index in [0.717, 1.165) is 0 Å². The highest BCUT2D eigenvalue weighted by atomic mass is 15.1. The molecule has 0 atom stereocenters. The fourth-order valence-corrected chi connectivity index (χ4v) is 6.84. The Morgan fingerprint density at radius 3 is 1.44 bits per heavy atom. The summed E-state index contributed by atoms with van der Waals surface area (Å²) in [5.74, 6) is 0. The maximum atomic E-state index is 2.37. The van der Waals surface area contributed by atoms with Crippen LogP contribution in [0.2, 0.25) is 0 Å². The Morgan fingerprint density at radius 2 is 0.907 bits per heavy atom. The number of hydrogen-bond acceptors (Lipinski definition) is 1. The second-order valence-corrected chi connectivity index (χ2v) is 11.9. The lowest BCUT2D eigenvalue weighted by Gasteiger charge is -2.23. The molecule has 0 saturated carbocycles. The zero-order valence-corrected chi connectivity index (χ0v) is 24.6. The average Bonchev–Trinajstić information content (AvgIpc) is 3.04. The molecule has 0 bridgehead atoms. The smallest absolute Gasteiger partial charge is 0.0414 e. The van der Waals surface area contributed by atoms with Crippen LogP contribution in [0.3, 0.4) is 0 Å². The first-order chi connectivity index (χ1) is 21.1. The van der Waals surface area contributed by atoms with Crippen molar-refractivity contribution in [1.82, 2.24) is 0 Å². The molecule has 7 aromatic rings. The van der Waals surface area contributed by atoms with Gasteiger partial charge in [-0.1, -0.05) is 121 Å². The molecular formula is C42H33N. The largest absolute Gasteiger partial charge is 0.345 e. The second-order valence-electron chi connectivity index (χ2n) is 11.9. The molecule has 206 valence electrons. The topological polar surface area (TPSA) is 3.24 Å². The van der Waals surface area contributed by atoms with Gasteiger partial charge in [-0.15, -0.1) is 0 Å². The third kappa shape index (κ3) is 4.40. The molecule has 1 heteroatoms. The van der Waals surface area contributed by atoms with Crippen molar-refractivity contribution in [3.8, 4) is 33.4 Å². The van der Waals surface area contributed by atoms with Crippen LogP contribution in [0.5, 0.6) is 0 Å². The Hall–Kier alpha value is -5.14. The van der Waals surface area contributed by atoms with Gasteiger partial charge >= 0.3 is 0 Å². The van der Waals surface area contributed by atoms with E-state index in [9.17, 15) is 0 Å². The van der Waals surface area contributed by atoms with Gasteiger partial charge in [0.05, 0.1) is 0 Å². The quantitative estimate of drug-likeness (QED) is 0.192. The molecule has 1 aliphatic carbocycles. The van der Waals surface area contributed by atoms with E-state index in [0.29, 0.717) is 0 Å². The van der Waals surface area contributed by atoms with Gasteiger partial charge in [-0.25, -0.2) is 0 Å². The predicted molar refractivity (Wildman–Crippen MR) is 184 cm³/mol. The van der Waals surface area contributed by atoms with E-state index < -0.39 is 0 Å². The fourth-order valence-electron chi connectivity index (χ4n) is 6.84. The van der Waals surface area contributed by atoms with Gasteiger partial charge in [0, 0.05) is 18.4 Å². The first kappa shape index (κ1) is 25.6. The standard InChI is InChI=1S/C42H33N/c1-28-10-7-12-33(24-28)41-37-16-3-5-18-39(37)42(40-19-6-4-17-38(40)41)34-13-9-15-36(27-34)43(2)35-14-8-11-30(26-35)32-23-21-29-20-22-31(29)25-32/h3-19,21,23-27H,20,22H2,1-2H3. The Morgan fingerprint density at radius 1 is 0.419 bits per heavy atom. The minimum atomic E-state index is 1.17. The van der Waals surface area contributed by atoms with Crippen LogP contribution in [0.25, 0.3) is 54.9 Å². The van der Waals surface area contributed by atoms with Gasteiger partial charge in [-0.05, 0) is 110 Å². The lowest BCUT2D eigenvalue weighted by molar-refractivity contribution is 0.840. The van der Waals surface area contributed by atoms with Crippen LogP contribution in [-0.4, -0.2) is 7.05 Å². The molecule has 0 saturated heterocycles. The second kappa shape index (κ2) is 10.3. The first-order valence-corrected chi connectivity index (χ1v) is 15.2. The third-order valence-corrected chi connectivity index (χ3v) is 9.20. The summed E-state index contributed by atoms with van der Waals surface area (Å²) < 4.78 is 0. The van der Waals surface area contributed by atoms with Crippen LogP contribution in [0.15, 0.2) is 140 Å². The highest BCUT2D eigenvalue weighted by Gasteiger charge is 2.18. The molecule has 0 unspecified atom stereocenters. The molecule has 7 aromatic carbocycles. The van der Waals surface area contributed by atoms with Crippen LogP contribution in [0.4, 0.5) is 11.4 Å². The molecular weight excluding hydrogens is 518 g/mol. The molecule has 0 N–H and O–H groups in total. The number of fused-ring (bicyclic) bond motifs is 3. The van der Waals surface area contributed by atoms with Crippen molar-refractivity contribution in [1.29, 1.82) is 0 Å². The molecule has 8 rings (SSSR count). The van der Waals surface area contributed by atoms with Crippen LogP contribution in [0, 0.1) is 6.92 Å². The summed E-state index contributed by atoms with van der Waals surface area (Å²) in [7, 11) is 2.17. The molecule has 0 heterocycles. The summed E-state index contributed by atoms with van der Waals surface area (Å²) in [6.45, 7) is 2.17. The number of anilines is 2. The third-order valence-electron chi connectivity index (χ3n) is 9.20. The lowest BCUT2D eigenvalue weighted by Crippen LogP contribution is -2.10. The summed E-state index contributed by atoms with van der Waals surface area (Å²) in [5.41, 5.74) is 14.3. The van der Waals surface area contributed by atoms with Crippen LogP contribution in [-0.2, 0) is 12.8 Å². The lowest BCUT2D eigenvalue weighted by atomic mass is 9.85. The first-order valence-electron chi connectivity index (χ1n) is 15.2. The van der Waals surface area contributed by atoms with E-state index in [4.69, 9.17) is 0 Å². The summed E-state index contributed by atoms with van der Waals surface area (Å²) >= 11 is 0. The van der Waals surface area contributed by atoms with E-state index in [1.807, 2.05) is 0 Å². The van der Waals surface area contributed by atoms with Crippen LogP contribution < -0.4 is 4.90 Å². The predicted octanol–water partition coefficient (Wildman–Crippen LogP) is 11.2. The van der Waals surface area contributed by atoms with E-state index in [-0.39, 0.29) is 0 Å². The summed E-state index contributed by atoms with van der Waals surface area (Å²) in [6.07, 6.45) is 2.42. The van der Waals surface area contributed by atoms with Crippen molar-refractivity contribution in [2.45, 2.75) is 19.8 Å². The number of hydrogen-bond donors (Lipinski definition) is 0. The van der Waals surface area contributed by atoms with Gasteiger partial charge in [0.1, 0.15) is 0 Å². The molecule has 0 radical (unpaired) electrons. The van der Waals surface area contributed by atoms with Crippen LogP contribution >= 0.6 is 0 Å². The highest BCUT2D eigenvalue weighted by Crippen LogP contribution is 2.44. The zero-order valence-electron chi connectivity index (χ0n) is 24.6. The number of nitrogens with zero attached hydrogens (tertiary/aromatic N) is 1. The number of aryl methyl sites for hydroxylation is 3. The van der Waals surface area contributed by atoms with Crippen molar-refractivity contribution in [3.63, 3.8) is 0 Å². The highest BCUT2D eigenvalue weighted by molar-refractivity contribution is 6.21. The van der Waals surface area contributed by atoms with Gasteiger partial charge in [-0.3, -0.25) is 0 Å². The van der Waals surface area contributed by atoms with Crippen molar-refractivity contribution >= 4 is 32.9 Å². The van der Waals surface area contributed by atoms with Crippen molar-refractivity contribution in [3.05, 3.63) is 156 Å². The molecule has 0 spiro atoms. The molecule has 0 fully saturated rings. The minimum absolute atomic E-state index is 1.17. The molecule has 0 amide bonds. The fraction of sp³-hybridized carbons (Fsp3) is 0.0952. The Kier molecular flexibility index (Phi) is 6.12. The summed E-state index contributed by atoms with van der Waals surface area (Å²) in [5, 5.41) is 5.12. The van der Waals surface area contributed by atoms with Gasteiger partial charge < -0.3 is 4.90 Å². The van der Waals surface area contributed by atoms with Gasteiger partial charge in [0.2, 0.25) is 0 Å². The monoisotopic (exact) mass is 551 g/mol. The Balaban J connectivity index is 1.26. The molecule has 0 aromatic heterocycles.